The first-order valence-corrected chi connectivity index (χ1v) is 11.2. The number of rotatable bonds is 5. The highest BCUT2D eigenvalue weighted by Gasteiger charge is 2.30. The smallest absolute Gasteiger partial charge is 0.348 e. The number of amides is 1. The summed E-state index contributed by atoms with van der Waals surface area (Å²) >= 11 is 0. The molecule has 0 bridgehead atoms. The molecule has 0 spiro atoms. The molecule has 32 heavy (non-hydrogen) atoms. The van der Waals surface area contributed by atoms with Crippen LogP contribution in [0, 0.1) is 6.92 Å². The van der Waals surface area contributed by atoms with Gasteiger partial charge in [-0.25, -0.2) is 8.42 Å². The number of halogens is 3. The lowest BCUT2D eigenvalue weighted by atomic mass is 10.1. The summed E-state index contributed by atoms with van der Waals surface area (Å²) in [6, 6.07) is 11.6. The molecule has 0 aliphatic heterocycles. The topological polar surface area (TPSA) is 85.2 Å². The van der Waals surface area contributed by atoms with Crippen molar-refractivity contribution in [1.82, 2.24) is 9.88 Å². The van der Waals surface area contributed by atoms with Crippen molar-refractivity contribution in [3.8, 4) is 5.69 Å². The Morgan fingerprint density at radius 3 is 2.31 bits per heavy atom. The Morgan fingerprint density at radius 1 is 1.06 bits per heavy atom. The first-order chi connectivity index (χ1) is 14.9. The van der Waals surface area contributed by atoms with Crippen LogP contribution < -0.4 is 10.9 Å². The average molecular weight is 464 g/mol. The summed E-state index contributed by atoms with van der Waals surface area (Å²) in [5.41, 5.74) is -0.908. The predicted molar refractivity (Wildman–Crippen MR) is 112 cm³/mol. The van der Waals surface area contributed by atoms with Gasteiger partial charge in [-0.15, -0.1) is 0 Å². The highest BCUT2D eigenvalue weighted by Crippen LogP contribution is 2.30. The summed E-state index contributed by atoms with van der Waals surface area (Å²) in [6.45, 7) is 1.58. The molecule has 0 atom stereocenters. The summed E-state index contributed by atoms with van der Waals surface area (Å²) < 4.78 is 63.1. The molecular weight excluding hydrogens is 445 g/mol. The van der Waals surface area contributed by atoms with Crippen molar-refractivity contribution < 1.29 is 26.4 Å². The second-order valence-corrected chi connectivity index (χ2v) is 9.21. The van der Waals surface area contributed by atoms with E-state index < -0.39 is 33.0 Å². The van der Waals surface area contributed by atoms with Gasteiger partial charge in [0.1, 0.15) is 5.56 Å². The number of nitrogens with zero attached hydrogens (tertiary/aromatic N) is 1. The molecule has 3 rings (SSSR count). The fourth-order valence-electron chi connectivity index (χ4n) is 3.06. The Kier molecular flexibility index (Phi) is 6.27. The number of aromatic nitrogens is 1. The summed E-state index contributed by atoms with van der Waals surface area (Å²) in [4.78, 5) is 25.7. The number of nitrogens with one attached hydrogen (secondary N) is 1. The zero-order chi connectivity index (χ0) is 23.7. The van der Waals surface area contributed by atoms with Crippen LogP contribution in [0.5, 0.6) is 0 Å². The Bertz CT molecular complexity index is 1330. The molecule has 6 nitrogen and oxygen atoms in total. The van der Waals surface area contributed by atoms with Crippen molar-refractivity contribution >= 4 is 15.7 Å². The highest BCUT2D eigenvalue weighted by molar-refractivity contribution is 7.90. The fraction of sp³-hybridized carbons (Fsp3) is 0.182. The van der Waals surface area contributed by atoms with E-state index in [0.29, 0.717) is 11.1 Å². The van der Waals surface area contributed by atoms with E-state index in [1.54, 1.807) is 6.92 Å². The van der Waals surface area contributed by atoms with Crippen LogP contribution in [0.15, 0.2) is 70.5 Å². The Hall–Kier alpha value is -3.40. The average Bonchev–Trinajstić information content (AvgIpc) is 2.71. The lowest BCUT2D eigenvalue weighted by Gasteiger charge is -2.13. The summed E-state index contributed by atoms with van der Waals surface area (Å²) in [5, 5.41) is 2.59. The van der Waals surface area contributed by atoms with Gasteiger partial charge in [-0.2, -0.15) is 13.2 Å². The van der Waals surface area contributed by atoms with Gasteiger partial charge in [-0.05, 0) is 54.4 Å². The number of pyridine rings is 1. The molecule has 168 valence electrons. The van der Waals surface area contributed by atoms with Gasteiger partial charge in [0.05, 0.1) is 10.5 Å². The SMILES string of the molecule is Cc1ccn(-c2cccc(C(F)(F)F)c2)c(=O)c1C(=O)NCc1ccc(S(C)(=O)=O)cc1. The largest absolute Gasteiger partial charge is 0.416 e. The number of benzene rings is 2. The monoisotopic (exact) mass is 464 g/mol. The standard InChI is InChI=1S/C22H19F3N2O4S/c1-14-10-11-27(17-5-3-4-16(12-17)22(23,24)25)21(29)19(14)20(28)26-13-15-6-8-18(9-7-15)32(2,30)31/h3-12H,13H2,1-2H3,(H,26,28). The molecule has 1 amide bonds. The van der Waals surface area contributed by atoms with Crippen LogP contribution in [0.3, 0.4) is 0 Å². The number of hydrogen-bond acceptors (Lipinski definition) is 4. The number of alkyl halides is 3. The Balaban J connectivity index is 1.87. The molecule has 1 N–H and O–H groups in total. The minimum Gasteiger partial charge on any atom is -0.348 e. The molecule has 10 heteroatoms. The molecule has 0 saturated heterocycles. The van der Waals surface area contributed by atoms with Crippen molar-refractivity contribution in [2.75, 3.05) is 6.26 Å². The number of carbonyl (C=O) groups is 1. The van der Waals surface area contributed by atoms with Gasteiger partial charge in [0.2, 0.25) is 0 Å². The van der Waals surface area contributed by atoms with Crippen molar-refractivity contribution in [2.45, 2.75) is 24.5 Å². The van der Waals surface area contributed by atoms with Crippen LogP contribution in [-0.4, -0.2) is 25.1 Å². The van der Waals surface area contributed by atoms with E-state index in [1.165, 1.54) is 48.7 Å². The van der Waals surface area contributed by atoms with E-state index >= 15 is 0 Å². The van der Waals surface area contributed by atoms with E-state index in [4.69, 9.17) is 0 Å². The van der Waals surface area contributed by atoms with Crippen LogP contribution in [0.2, 0.25) is 0 Å². The summed E-state index contributed by atoms with van der Waals surface area (Å²) in [6.07, 6.45) is -2.18. The summed E-state index contributed by atoms with van der Waals surface area (Å²) in [7, 11) is -3.35. The molecule has 0 unspecified atom stereocenters. The van der Waals surface area contributed by atoms with Crippen LogP contribution >= 0.6 is 0 Å². The third-order valence-electron chi connectivity index (χ3n) is 4.78. The third-order valence-corrected chi connectivity index (χ3v) is 5.91. The zero-order valence-electron chi connectivity index (χ0n) is 17.1. The van der Waals surface area contributed by atoms with Crippen molar-refractivity contribution in [3.63, 3.8) is 0 Å². The number of hydrogen-bond donors (Lipinski definition) is 1. The van der Waals surface area contributed by atoms with Gasteiger partial charge >= 0.3 is 6.18 Å². The first-order valence-electron chi connectivity index (χ1n) is 9.35. The van der Waals surface area contributed by atoms with E-state index in [2.05, 4.69) is 5.32 Å². The van der Waals surface area contributed by atoms with E-state index in [9.17, 15) is 31.2 Å². The van der Waals surface area contributed by atoms with E-state index in [1.807, 2.05) is 0 Å². The highest BCUT2D eigenvalue weighted by atomic mass is 32.2. The zero-order valence-corrected chi connectivity index (χ0v) is 17.9. The molecule has 0 saturated carbocycles. The maximum atomic E-state index is 13.0. The number of carbonyl (C=O) groups excluding carboxylic acids is 1. The van der Waals surface area contributed by atoms with Crippen LogP contribution in [0.1, 0.15) is 27.0 Å². The molecule has 1 aromatic heterocycles. The predicted octanol–water partition coefficient (Wildman–Crippen LogP) is 3.50. The lowest BCUT2D eigenvalue weighted by molar-refractivity contribution is -0.137. The van der Waals surface area contributed by atoms with Crippen molar-refractivity contribution in [2.24, 2.45) is 0 Å². The molecule has 0 radical (unpaired) electrons. The molecule has 0 aliphatic rings. The maximum absolute atomic E-state index is 13.0. The van der Waals surface area contributed by atoms with Gasteiger partial charge in [-0.3, -0.25) is 14.2 Å². The normalized spacial score (nSPS) is 11.9. The van der Waals surface area contributed by atoms with Crippen LogP contribution in [-0.2, 0) is 22.6 Å². The number of aryl methyl sites for hydroxylation is 1. The first kappa shape index (κ1) is 23.3. The molecule has 2 aromatic carbocycles. The van der Waals surface area contributed by atoms with E-state index in [0.717, 1.165) is 23.0 Å². The minimum absolute atomic E-state index is 0.0183. The lowest BCUT2D eigenvalue weighted by Crippen LogP contribution is -2.33. The quantitative estimate of drug-likeness (QED) is 0.627. The second kappa shape index (κ2) is 8.62. The Labute approximate surface area is 182 Å². The molecule has 0 aliphatic carbocycles. The number of sulfone groups is 1. The van der Waals surface area contributed by atoms with E-state index in [-0.39, 0.29) is 22.7 Å². The van der Waals surface area contributed by atoms with Gasteiger partial charge in [0, 0.05) is 24.7 Å². The second-order valence-electron chi connectivity index (χ2n) is 7.20. The van der Waals surface area contributed by atoms with Gasteiger partial charge < -0.3 is 5.32 Å². The van der Waals surface area contributed by atoms with Crippen molar-refractivity contribution in [3.05, 3.63) is 93.4 Å². The fourth-order valence-corrected chi connectivity index (χ4v) is 3.69. The third kappa shape index (κ3) is 5.08. The molecule has 1 heterocycles. The Morgan fingerprint density at radius 2 is 1.72 bits per heavy atom. The molecular formula is C22H19F3N2O4S. The maximum Gasteiger partial charge on any atom is 0.416 e. The van der Waals surface area contributed by atoms with Crippen molar-refractivity contribution in [1.29, 1.82) is 0 Å². The van der Waals surface area contributed by atoms with Gasteiger partial charge in [0.15, 0.2) is 9.84 Å². The van der Waals surface area contributed by atoms with Gasteiger partial charge in [0.25, 0.3) is 11.5 Å². The molecule has 0 fully saturated rings. The molecule has 3 aromatic rings. The van der Waals surface area contributed by atoms with Crippen LogP contribution in [0.4, 0.5) is 13.2 Å². The summed E-state index contributed by atoms with van der Waals surface area (Å²) in [5.74, 6) is -0.694. The van der Waals surface area contributed by atoms with Gasteiger partial charge in [-0.1, -0.05) is 18.2 Å². The minimum atomic E-state index is -4.57. The van der Waals surface area contributed by atoms with Crippen LogP contribution in [0.25, 0.3) is 5.69 Å².